The van der Waals surface area contributed by atoms with E-state index in [2.05, 4.69) is 30.4 Å². The predicted molar refractivity (Wildman–Crippen MR) is 70.3 cm³/mol. The van der Waals surface area contributed by atoms with Gasteiger partial charge in [-0.3, -0.25) is 0 Å². The minimum Gasteiger partial charge on any atom is -0.314 e. The van der Waals surface area contributed by atoms with Crippen LogP contribution in [0.25, 0.3) is 0 Å². The lowest BCUT2D eigenvalue weighted by molar-refractivity contribution is 0.546. The van der Waals surface area contributed by atoms with E-state index in [0.29, 0.717) is 5.41 Å². The summed E-state index contributed by atoms with van der Waals surface area (Å²) >= 11 is 0. The van der Waals surface area contributed by atoms with Gasteiger partial charge in [-0.05, 0) is 62.6 Å². The summed E-state index contributed by atoms with van der Waals surface area (Å²) < 4.78 is 0. The normalized spacial score (nSPS) is 34.1. The molecule has 1 N–H and O–H groups in total. The first-order valence-corrected chi connectivity index (χ1v) is 7.11. The van der Waals surface area contributed by atoms with E-state index in [-0.39, 0.29) is 0 Å². The van der Waals surface area contributed by atoms with Crippen molar-refractivity contribution in [3.63, 3.8) is 0 Å². The van der Waals surface area contributed by atoms with Gasteiger partial charge in [0.25, 0.3) is 0 Å². The van der Waals surface area contributed by atoms with Crippen molar-refractivity contribution < 1.29 is 0 Å². The van der Waals surface area contributed by atoms with Crippen LogP contribution in [-0.4, -0.2) is 12.6 Å². The lowest BCUT2D eigenvalue weighted by Crippen LogP contribution is -2.22. The van der Waals surface area contributed by atoms with Gasteiger partial charge in [0, 0.05) is 11.5 Å². The van der Waals surface area contributed by atoms with Crippen LogP contribution in [0.5, 0.6) is 0 Å². The molecular weight excluding hydrogens is 206 g/mol. The summed E-state index contributed by atoms with van der Waals surface area (Å²) in [5.74, 6) is 0.922. The molecule has 0 heterocycles. The molecule has 1 aromatic rings. The molecule has 4 rings (SSSR count). The topological polar surface area (TPSA) is 12.0 Å². The summed E-state index contributed by atoms with van der Waals surface area (Å²) in [5.41, 5.74) is 5.35. The maximum Gasteiger partial charge on any atom is 0.00683 e. The van der Waals surface area contributed by atoms with Crippen molar-refractivity contribution in [3.05, 3.63) is 34.9 Å². The summed E-state index contributed by atoms with van der Waals surface area (Å²) in [6, 6.07) is 7.96. The monoisotopic (exact) mass is 227 g/mol. The first-order valence-electron chi connectivity index (χ1n) is 7.11. The molecule has 1 aromatic carbocycles. The van der Waals surface area contributed by atoms with Crippen LogP contribution in [-0.2, 0) is 11.8 Å². The fourth-order valence-electron chi connectivity index (χ4n) is 3.74. The molecule has 2 saturated carbocycles. The second kappa shape index (κ2) is 3.35. The Kier molecular flexibility index (Phi) is 2.00. The van der Waals surface area contributed by atoms with Gasteiger partial charge in [-0.25, -0.2) is 0 Å². The Balaban J connectivity index is 1.55. The molecule has 0 amide bonds. The average molecular weight is 227 g/mol. The van der Waals surface area contributed by atoms with Crippen LogP contribution in [0.3, 0.4) is 0 Å². The van der Waals surface area contributed by atoms with Crippen LogP contribution in [0.4, 0.5) is 0 Å². The van der Waals surface area contributed by atoms with Gasteiger partial charge in [-0.2, -0.15) is 0 Å². The molecule has 1 nitrogen and oxygen atoms in total. The van der Waals surface area contributed by atoms with Crippen LogP contribution in [0.15, 0.2) is 18.2 Å². The van der Waals surface area contributed by atoms with Crippen LogP contribution < -0.4 is 5.32 Å². The van der Waals surface area contributed by atoms with Crippen LogP contribution in [0, 0.1) is 12.8 Å². The maximum atomic E-state index is 3.72. The van der Waals surface area contributed by atoms with Gasteiger partial charge >= 0.3 is 0 Å². The Morgan fingerprint density at radius 1 is 1.35 bits per heavy atom. The number of hydrogen-bond acceptors (Lipinski definition) is 1. The molecule has 3 aliphatic rings. The predicted octanol–water partition coefficient (Wildman–Crippen LogP) is 2.95. The largest absolute Gasteiger partial charge is 0.314 e. The van der Waals surface area contributed by atoms with Crippen molar-refractivity contribution in [1.29, 1.82) is 0 Å². The van der Waals surface area contributed by atoms with Gasteiger partial charge in [0.2, 0.25) is 0 Å². The molecule has 17 heavy (non-hydrogen) atoms. The molecule has 1 heteroatoms. The standard InChI is InChI=1S/C16H21N/c1-11-2-3-12-6-7-16(15(12)8-11)9-13(16)10-17-14-4-5-14/h2-3,8,13-14,17H,4-7,9-10H2,1H3. The van der Waals surface area contributed by atoms with Crippen molar-refractivity contribution in [2.24, 2.45) is 5.92 Å². The van der Waals surface area contributed by atoms with E-state index in [9.17, 15) is 0 Å². The van der Waals surface area contributed by atoms with E-state index in [1.165, 1.54) is 44.2 Å². The van der Waals surface area contributed by atoms with Crippen molar-refractivity contribution in [2.75, 3.05) is 6.54 Å². The van der Waals surface area contributed by atoms with E-state index in [0.717, 1.165) is 12.0 Å². The zero-order chi connectivity index (χ0) is 11.5. The Morgan fingerprint density at radius 2 is 2.24 bits per heavy atom. The number of rotatable bonds is 3. The van der Waals surface area contributed by atoms with Crippen LogP contribution >= 0.6 is 0 Å². The highest BCUT2D eigenvalue weighted by atomic mass is 15.0. The molecule has 2 unspecified atom stereocenters. The molecule has 3 aliphatic carbocycles. The Labute approximate surface area is 104 Å². The van der Waals surface area contributed by atoms with Gasteiger partial charge in [0.05, 0.1) is 0 Å². The SMILES string of the molecule is Cc1ccc2c(c1)C1(CC2)CC1CNC1CC1. The number of nitrogens with one attached hydrogen (secondary N) is 1. The molecule has 0 radical (unpaired) electrons. The van der Waals surface area contributed by atoms with Gasteiger partial charge in [-0.1, -0.05) is 23.8 Å². The first-order chi connectivity index (χ1) is 8.28. The second-order valence-electron chi connectivity index (χ2n) is 6.40. The molecule has 2 fully saturated rings. The number of aryl methyl sites for hydroxylation is 2. The molecular formula is C16H21N. The molecule has 0 aliphatic heterocycles. The van der Waals surface area contributed by atoms with E-state index in [4.69, 9.17) is 0 Å². The van der Waals surface area contributed by atoms with Crippen molar-refractivity contribution in [3.8, 4) is 0 Å². The maximum absolute atomic E-state index is 3.72. The average Bonchev–Trinajstić information content (AvgIpc) is 3.19. The molecule has 0 bridgehead atoms. The highest BCUT2D eigenvalue weighted by Crippen LogP contribution is 2.61. The zero-order valence-electron chi connectivity index (χ0n) is 10.6. The van der Waals surface area contributed by atoms with Crippen molar-refractivity contribution in [1.82, 2.24) is 5.32 Å². The lowest BCUT2D eigenvalue weighted by atomic mass is 9.94. The highest BCUT2D eigenvalue weighted by molar-refractivity contribution is 5.47. The van der Waals surface area contributed by atoms with Gasteiger partial charge < -0.3 is 5.32 Å². The number of fused-ring (bicyclic) bond motifs is 2. The van der Waals surface area contributed by atoms with Crippen LogP contribution in [0.1, 0.15) is 42.4 Å². The number of benzene rings is 1. The Bertz CT molecular complexity index is 461. The van der Waals surface area contributed by atoms with Crippen LogP contribution in [0.2, 0.25) is 0 Å². The number of hydrogen-bond donors (Lipinski definition) is 1. The Morgan fingerprint density at radius 3 is 3.06 bits per heavy atom. The Hall–Kier alpha value is -0.820. The second-order valence-corrected chi connectivity index (χ2v) is 6.40. The third-order valence-electron chi connectivity index (χ3n) is 5.10. The summed E-state index contributed by atoms with van der Waals surface area (Å²) in [4.78, 5) is 0. The zero-order valence-corrected chi connectivity index (χ0v) is 10.6. The fraction of sp³-hybridized carbons (Fsp3) is 0.625. The minimum atomic E-state index is 0.587. The third kappa shape index (κ3) is 1.55. The lowest BCUT2D eigenvalue weighted by Gasteiger charge is -2.12. The molecule has 0 aromatic heterocycles. The van der Waals surface area contributed by atoms with E-state index in [1.54, 1.807) is 11.1 Å². The molecule has 90 valence electrons. The van der Waals surface area contributed by atoms with Gasteiger partial charge in [0.1, 0.15) is 0 Å². The molecule has 2 atom stereocenters. The highest BCUT2D eigenvalue weighted by Gasteiger charge is 2.57. The first kappa shape index (κ1) is 10.1. The summed E-state index contributed by atoms with van der Waals surface area (Å²) in [7, 11) is 0. The van der Waals surface area contributed by atoms with Gasteiger partial charge in [-0.15, -0.1) is 0 Å². The smallest absolute Gasteiger partial charge is 0.00683 e. The molecule has 1 spiro atoms. The van der Waals surface area contributed by atoms with E-state index in [1.807, 2.05) is 0 Å². The van der Waals surface area contributed by atoms with Crippen molar-refractivity contribution in [2.45, 2.75) is 50.5 Å². The summed E-state index contributed by atoms with van der Waals surface area (Å²) in [6.45, 7) is 3.49. The van der Waals surface area contributed by atoms with E-state index >= 15 is 0 Å². The molecule has 0 saturated heterocycles. The van der Waals surface area contributed by atoms with Gasteiger partial charge in [0.15, 0.2) is 0 Å². The van der Waals surface area contributed by atoms with E-state index < -0.39 is 0 Å². The minimum absolute atomic E-state index is 0.587. The quantitative estimate of drug-likeness (QED) is 0.837. The summed E-state index contributed by atoms with van der Waals surface area (Å²) in [6.07, 6.45) is 6.98. The fourth-order valence-corrected chi connectivity index (χ4v) is 3.74. The third-order valence-corrected chi connectivity index (χ3v) is 5.10. The van der Waals surface area contributed by atoms with Crippen molar-refractivity contribution >= 4 is 0 Å². The summed E-state index contributed by atoms with van der Waals surface area (Å²) in [5, 5.41) is 3.72.